The van der Waals surface area contributed by atoms with Crippen LogP contribution in [0.3, 0.4) is 0 Å². The summed E-state index contributed by atoms with van der Waals surface area (Å²) in [5.41, 5.74) is 2.14. The van der Waals surface area contributed by atoms with Gasteiger partial charge >= 0.3 is 0 Å². The average molecular weight is 413 g/mol. The number of carbonyl (C=O) groups is 1. The Morgan fingerprint density at radius 1 is 1.17 bits per heavy atom. The van der Waals surface area contributed by atoms with Gasteiger partial charge in [0.15, 0.2) is 11.9 Å². The van der Waals surface area contributed by atoms with Crippen LogP contribution in [0.5, 0.6) is 0 Å². The van der Waals surface area contributed by atoms with Gasteiger partial charge in [-0.05, 0) is 35.9 Å². The maximum Gasteiger partial charge on any atom is 0.289 e. The van der Waals surface area contributed by atoms with E-state index in [1.54, 1.807) is 35.2 Å². The number of carbonyl (C=O) groups excluding carboxylic acids is 1. The van der Waals surface area contributed by atoms with E-state index in [1.165, 1.54) is 18.4 Å². The first kappa shape index (κ1) is 19.2. The molecule has 2 aromatic carbocycles. The van der Waals surface area contributed by atoms with Gasteiger partial charge in [-0.3, -0.25) is 4.79 Å². The van der Waals surface area contributed by atoms with Gasteiger partial charge in [0.2, 0.25) is 0 Å². The van der Waals surface area contributed by atoms with E-state index in [2.05, 4.69) is 5.16 Å². The fourth-order valence-electron chi connectivity index (χ4n) is 3.22. The summed E-state index contributed by atoms with van der Waals surface area (Å²) >= 11 is 6.28. The second-order valence-electron chi connectivity index (χ2n) is 6.73. The summed E-state index contributed by atoms with van der Waals surface area (Å²) in [6.07, 6.45) is 1.57. The molecule has 5 nitrogen and oxygen atoms in total. The highest BCUT2D eigenvalue weighted by atomic mass is 35.5. The smallest absolute Gasteiger partial charge is 0.289 e. The number of hydrogen-bond acceptors (Lipinski definition) is 4. The fraction of sp³-hybridized carbons (Fsp3) is 0.182. The van der Waals surface area contributed by atoms with Crippen molar-refractivity contribution in [2.45, 2.75) is 19.1 Å². The van der Waals surface area contributed by atoms with Gasteiger partial charge in [0, 0.05) is 23.6 Å². The minimum Gasteiger partial charge on any atom is -0.459 e. The lowest BCUT2D eigenvalue weighted by Crippen LogP contribution is -2.37. The molecule has 1 atom stereocenters. The van der Waals surface area contributed by atoms with Gasteiger partial charge in [0.1, 0.15) is 5.82 Å². The quantitative estimate of drug-likeness (QED) is 0.578. The number of amides is 1. The van der Waals surface area contributed by atoms with Gasteiger partial charge in [-0.2, -0.15) is 0 Å². The molecule has 0 saturated heterocycles. The van der Waals surface area contributed by atoms with Crippen molar-refractivity contribution in [2.75, 3.05) is 6.54 Å². The van der Waals surface area contributed by atoms with Gasteiger partial charge in [0.05, 0.1) is 18.5 Å². The van der Waals surface area contributed by atoms with Crippen molar-refractivity contribution in [3.63, 3.8) is 0 Å². The van der Waals surface area contributed by atoms with Crippen LogP contribution in [0, 0.1) is 5.82 Å². The first-order valence-corrected chi connectivity index (χ1v) is 9.53. The zero-order valence-electron chi connectivity index (χ0n) is 15.4. The normalized spacial score (nSPS) is 15.7. The van der Waals surface area contributed by atoms with Crippen molar-refractivity contribution >= 4 is 23.2 Å². The molecule has 1 aromatic heterocycles. The van der Waals surface area contributed by atoms with Crippen LogP contribution in [0.1, 0.15) is 28.1 Å². The van der Waals surface area contributed by atoms with Gasteiger partial charge in [-0.15, -0.1) is 0 Å². The largest absolute Gasteiger partial charge is 0.459 e. The van der Waals surface area contributed by atoms with Crippen LogP contribution >= 0.6 is 11.6 Å². The Hall–Kier alpha value is -3.12. The highest BCUT2D eigenvalue weighted by molar-refractivity contribution is 6.31. The molecule has 1 aliphatic heterocycles. The van der Waals surface area contributed by atoms with Crippen LogP contribution in [0.4, 0.5) is 4.39 Å². The molecule has 7 heteroatoms. The molecule has 0 spiro atoms. The van der Waals surface area contributed by atoms with E-state index in [9.17, 15) is 9.18 Å². The van der Waals surface area contributed by atoms with Crippen LogP contribution in [-0.2, 0) is 11.4 Å². The van der Waals surface area contributed by atoms with E-state index in [0.717, 1.165) is 5.56 Å². The van der Waals surface area contributed by atoms with E-state index in [0.29, 0.717) is 29.3 Å². The number of furan rings is 1. The summed E-state index contributed by atoms with van der Waals surface area (Å²) in [5.74, 6) is -0.360. The Morgan fingerprint density at radius 2 is 2.03 bits per heavy atom. The standard InChI is InChI=1S/C22H18ClFN2O3/c23-19-8-2-1-5-16(19)13-26(22(27)21-9-4-10-28-21)14-18-12-20(25-29-18)15-6-3-7-17(24)11-15/h1-11,18H,12-14H2. The minimum atomic E-state index is -0.352. The van der Waals surface area contributed by atoms with Crippen LogP contribution in [0.15, 0.2) is 76.5 Å². The van der Waals surface area contributed by atoms with Gasteiger partial charge in [-0.1, -0.05) is 47.1 Å². The third kappa shape index (κ3) is 4.49. The van der Waals surface area contributed by atoms with Crippen LogP contribution in [0.25, 0.3) is 0 Å². The number of oxime groups is 1. The van der Waals surface area contributed by atoms with Gasteiger partial charge < -0.3 is 14.2 Å². The summed E-state index contributed by atoms with van der Waals surface area (Å²) < 4.78 is 18.8. The summed E-state index contributed by atoms with van der Waals surface area (Å²) in [6, 6.07) is 16.8. The summed E-state index contributed by atoms with van der Waals surface area (Å²) in [7, 11) is 0. The molecule has 0 fully saturated rings. The van der Waals surface area contributed by atoms with E-state index in [4.69, 9.17) is 20.9 Å². The Morgan fingerprint density at radius 3 is 2.79 bits per heavy atom. The summed E-state index contributed by atoms with van der Waals surface area (Å²) in [4.78, 5) is 20.1. The monoisotopic (exact) mass is 412 g/mol. The Balaban J connectivity index is 1.50. The number of benzene rings is 2. The lowest BCUT2D eigenvalue weighted by molar-refractivity contribution is 0.0387. The average Bonchev–Trinajstić information content (AvgIpc) is 3.41. The van der Waals surface area contributed by atoms with Crippen molar-refractivity contribution in [3.05, 3.63) is 94.7 Å². The van der Waals surface area contributed by atoms with Crippen molar-refractivity contribution in [1.82, 2.24) is 4.90 Å². The molecule has 1 aliphatic rings. The topological polar surface area (TPSA) is 55.0 Å². The SMILES string of the molecule is O=C(c1ccco1)N(Cc1ccccc1Cl)CC1CC(c2cccc(F)c2)=NO1. The summed E-state index contributed by atoms with van der Waals surface area (Å²) in [5, 5.41) is 4.67. The third-order valence-electron chi connectivity index (χ3n) is 4.65. The molecule has 0 N–H and O–H groups in total. The molecule has 0 bridgehead atoms. The lowest BCUT2D eigenvalue weighted by atomic mass is 10.0. The van der Waals surface area contributed by atoms with Crippen molar-refractivity contribution in [1.29, 1.82) is 0 Å². The zero-order chi connectivity index (χ0) is 20.2. The highest BCUT2D eigenvalue weighted by Crippen LogP contribution is 2.22. The Labute approximate surface area is 172 Å². The lowest BCUT2D eigenvalue weighted by Gasteiger charge is -2.24. The number of hydrogen-bond donors (Lipinski definition) is 0. The Kier molecular flexibility index (Phi) is 5.62. The molecule has 3 aromatic rings. The predicted octanol–water partition coefficient (Wildman–Crippen LogP) is 4.91. The van der Waals surface area contributed by atoms with Gasteiger partial charge in [-0.25, -0.2) is 4.39 Å². The molecule has 0 aliphatic carbocycles. The van der Waals surface area contributed by atoms with Crippen molar-refractivity contribution < 1.29 is 18.4 Å². The second kappa shape index (κ2) is 8.49. The van der Waals surface area contributed by atoms with E-state index >= 15 is 0 Å². The highest BCUT2D eigenvalue weighted by Gasteiger charge is 2.28. The minimum absolute atomic E-state index is 0.237. The molecular weight excluding hydrogens is 395 g/mol. The maximum absolute atomic E-state index is 13.5. The molecule has 0 saturated carbocycles. The molecule has 4 rings (SSSR count). The fourth-order valence-corrected chi connectivity index (χ4v) is 3.41. The molecule has 0 radical (unpaired) electrons. The second-order valence-corrected chi connectivity index (χ2v) is 7.14. The first-order valence-electron chi connectivity index (χ1n) is 9.15. The van der Waals surface area contributed by atoms with Crippen LogP contribution in [0.2, 0.25) is 5.02 Å². The van der Waals surface area contributed by atoms with Crippen molar-refractivity contribution in [2.24, 2.45) is 5.16 Å². The van der Waals surface area contributed by atoms with Crippen LogP contribution in [-0.4, -0.2) is 29.2 Å². The van der Waals surface area contributed by atoms with E-state index in [-0.39, 0.29) is 30.1 Å². The van der Waals surface area contributed by atoms with Crippen molar-refractivity contribution in [3.8, 4) is 0 Å². The molecular formula is C22H18ClFN2O3. The number of nitrogens with zero attached hydrogens (tertiary/aromatic N) is 2. The molecule has 29 heavy (non-hydrogen) atoms. The van der Waals surface area contributed by atoms with E-state index < -0.39 is 0 Å². The predicted molar refractivity (Wildman–Crippen MR) is 107 cm³/mol. The number of halogens is 2. The Bertz CT molecular complexity index is 1040. The zero-order valence-corrected chi connectivity index (χ0v) is 16.2. The van der Waals surface area contributed by atoms with Crippen LogP contribution < -0.4 is 0 Å². The molecule has 1 amide bonds. The maximum atomic E-state index is 13.5. The number of rotatable bonds is 6. The molecule has 1 unspecified atom stereocenters. The van der Waals surface area contributed by atoms with E-state index in [1.807, 2.05) is 18.2 Å². The third-order valence-corrected chi connectivity index (χ3v) is 5.02. The molecule has 148 valence electrons. The summed E-state index contributed by atoms with van der Waals surface area (Å²) in [6.45, 7) is 0.585. The molecule has 2 heterocycles. The first-order chi connectivity index (χ1) is 14.1. The van der Waals surface area contributed by atoms with Gasteiger partial charge in [0.25, 0.3) is 5.91 Å².